The zero-order chi connectivity index (χ0) is 20.8. The van der Waals surface area contributed by atoms with E-state index in [0.29, 0.717) is 20.6 Å². The number of nitrogens with zero attached hydrogens (tertiary/aromatic N) is 2. The van der Waals surface area contributed by atoms with Crippen LogP contribution in [-0.2, 0) is 14.8 Å². The first kappa shape index (κ1) is 19.8. The van der Waals surface area contributed by atoms with Gasteiger partial charge in [-0.25, -0.2) is 12.7 Å². The predicted molar refractivity (Wildman–Crippen MR) is 117 cm³/mol. The second-order valence-electron chi connectivity index (χ2n) is 6.42. The Morgan fingerprint density at radius 1 is 1.21 bits per heavy atom. The summed E-state index contributed by atoms with van der Waals surface area (Å²) < 4.78 is 32.0. The highest BCUT2D eigenvalue weighted by Gasteiger charge is 2.23. The lowest BCUT2D eigenvalue weighted by Crippen LogP contribution is -2.22. The second kappa shape index (κ2) is 7.38. The van der Waals surface area contributed by atoms with Crippen molar-refractivity contribution >= 4 is 61.3 Å². The summed E-state index contributed by atoms with van der Waals surface area (Å²) in [5, 5.41) is 3.33. The zero-order valence-corrected chi connectivity index (χ0v) is 17.8. The number of furan rings is 1. The number of aromatic nitrogens is 1. The highest BCUT2D eigenvalue weighted by molar-refractivity contribution is 8.26. The lowest BCUT2D eigenvalue weighted by Gasteiger charge is -2.11. The van der Waals surface area contributed by atoms with Crippen LogP contribution < -0.4 is 5.32 Å². The van der Waals surface area contributed by atoms with Gasteiger partial charge in [0, 0.05) is 43.5 Å². The van der Waals surface area contributed by atoms with Gasteiger partial charge in [0.2, 0.25) is 10.0 Å². The summed E-state index contributed by atoms with van der Waals surface area (Å²) in [7, 11) is -0.525. The number of carbonyl (C=O) groups excluding carboxylic acids is 1. The van der Waals surface area contributed by atoms with Crippen molar-refractivity contribution in [3.8, 4) is 11.1 Å². The number of thiocarbonyl (C=S) groups is 1. The molecule has 1 N–H and O–H groups in total. The van der Waals surface area contributed by atoms with E-state index in [1.807, 2.05) is 0 Å². The monoisotopic (exact) mass is 445 g/mol. The van der Waals surface area contributed by atoms with Crippen molar-refractivity contribution in [1.29, 1.82) is 0 Å². The summed E-state index contributed by atoms with van der Waals surface area (Å²) >= 11 is 6.18. The number of rotatable bonds is 4. The van der Waals surface area contributed by atoms with Crippen molar-refractivity contribution in [1.82, 2.24) is 14.6 Å². The van der Waals surface area contributed by atoms with Crippen LogP contribution in [0, 0.1) is 0 Å². The topological polar surface area (TPSA) is 92.5 Å². The molecule has 0 atom stereocenters. The summed E-state index contributed by atoms with van der Waals surface area (Å²) in [6.07, 6.45) is 4.96. The summed E-state index contributed by atoms with van der Waals surface area (Å²) in [5.74, 6) is 0.250. The van der Waals surface area contributed by atoms with Gasteiger partial charge in [-0.3, -0.25) is 9.78 Å². The number of pyridine rings is 1. The Kier molecular flexibility index (Phi) is 5.03. The number of hydrogen-bond acceptors (Lipinski definition) is 7. The van der Waals surface area contributed by atoms with Crippen molar-refractivity contribution in [2.45, 2.75) is 4.90 Å². The van der Waals surface area contributed by atoms with Gasteiger partial charge in [0.25, 0.3) is 5.91 Å². The summed E-state index contributed by atoms with van der Waals surface area (Å²) in [6, 6.07) is 8.32. The fourth-order valence-electron chi connectivity index (χ4n) is 2.83. The molecule has 1 aliphatic heterocycles. The van der Waals surface area contributed by atoms with Crippen LogP contribution in [0.3, 0.4) is 0 Å². The first-order chi connectivity index (χ1) is 13.8. The van der Waals surface area contributed by atoms with Gasteiger partial charge in [-0.2, -0.15) is 0 Å². The van der Waals surface area contributed by atoms with Crippen LogP contribution in [0.1, 0.15) is 5.76 Å². The number of hydrogen-bond donors (Lipinski definition) is 1. The maximum atomic E-state index is 12.3. The number of carbonyl (C=O) groups is 1. The van der Waals surface area contributed by atoms with E-state index in [1.54, 1.807) is 48.8 Å². The quantitative estimate of drug-likeness (QED) is 0.487. The van der Waals surface area contributed by atoms with E-state index in [0.717, 1.165) is 16.5 Å². The fraction of sp³-hybridized carbons (Fsp3) is 0.105. The van der Waals surface area contributed by atoms with Gasteiger partial charge in [-0.1, -0.05) is 36.1 Å². The van der Waals surface area contributed by atoms with Gasteiger partial charge in [-0.05, 0) is 23.8 Å². The molecule has 0 radical (unpaired) electrons. The highest BCUT2D eigenvalue weighted by atomic mass is 32.2. The smallest absolute Gasteiger partial charge is 0.263 e. The molecular weight excluding hydrogens is 430 g/mol. The van der Waals surface area contributed by atoms with Crippen LogP contribution in [0.2, 0.25) is 0 Å². The molecule has 0 spiro atoms. The van der Waals surface area contributed by atoms with Gasteiger partial charge in [0.15, 0.2) is 0 Å². The Hall–Kier alpha value is -2.53. The molecule has 148 valence electrons. The van der Waals surface area contributed by atoms with Gasteiger partial charge < -0.3 is 9.73 Å². The Bertz CT molecular complexity index is 1280. The third-order valence-corrected chi connectivity index (χ3v) is 7.29. The second-order valence-corrected chi connectivity index (χ2v) is 10.3. The molecule has 7 nitrogen and oxygen atoms in total. The van der Waals surface area contributed by atoms with E-state index < -0.39 is 10.0 Å². The van der Waals surface area contributed by atoms with E-state index in [2.05, 4.69) is 10.3 Å². The Morgan fingerprint density at radius 2 is 1.93 bits per heavy atom. The Balaban J connectivity index is 1.74. The molecule has 4 rings (SSSR count). The standard InChI is InChI=1S/C19H15N3O4S3/c1-22(2)29(24,25)14-5-3-11(4-6-14)15-10-20-9-12-7-13(26-17(12)15)8-16-18(23)21-19(27)28-16/h3-10H,1-2H3,(H,21,23,27)/b16-8-. The largest absolute Gasteiger partial charge is 0.456 e. The SMILES string of the molecule is CN(C)S(=O)(=O)c1ccc(-c2cncc3cc(/C=C4\SC(=S)NC4=O)oc23)cc1. The van der Waals surface area contributed by atoms with Crippen LogP contribution >= 0.6 is 24.0 Å². The third kappa shape index (κ3) is 3.71. The van der Waals surface area contributed by atoms with Crippen LogP contribution in [0.5, 0.6) is 0 Å². The van der Waals surface area contributed by atoms with E-state index >= 15 is 0 Å². The van der Waals surface area contributed by atoms with E-state index in [4.69, 9.17) is 16.6 Å². The molecule has 1 amide bonds. The van der Waals surface area contributed by atoms with Crippen molar-refractivity contribution in [2.24, 2.45) is 0 Å². The van der Waals surface area contributed by atoms with E-state index in [-0.39, 0.29) is 10.8 Å². The van der Waals surface area contributed by atoms with Crippen molar-refractivity contribution in [3.05, 3.63) is 53.4 Å². The normalized spacial score (nSPS) is 16.2. The molecule has 3 heterocycles. The number of sulfonamides is 1. The molecule has 0 saturated carbocycles. The van der Waals surface area contributed by atoms with Crippen LogP contribution in [0.25, 0.3) is 28.2 Å². The van der Waals surface area contributed by atoms with Gasteiger partial charge in [0.05, 0.1) is 9.80 Å². The molecule has 2 aromatic heterocycles. The van der Waals surface area contributed by atoms with Crippen LogP contribution in [0.15, 0.2) is 56.9 Å². The molecular formula is C19H15N3O4S3. The minimum atomic E-state index is -3.50. The molecule has 3 aromatic rings. The zero-order valence-electron chi connectivity index (χ0n) is 15.4. The number of benzene rings is 1. The molecule has 0 aliphatic carbocycles. The minimum Gasteiger partial charge on any atom is -0.456 e. The number of fused-ring (bicyclic) bond motifs is 1. The number of nitrogens with one attached hydrogen (secondary N) is 1. The average Bonchev–Trinajstić information content (AvgIpc) is 3.23. The first-order valence-electron chi connectivity index (χ1n) is 8.41. The van der Waals surface area contributed by atoms with E-state index in [9.17, 15) is 13.2 Å². The Morgan fingerprint density at radius 3 is 2.55 bits per heavy atom. The summed E-state index contributed by atoms with van der Waals surface area (Å²) in [5.41, 5.74) is 2.09. The summed E-state index contributed by atoms with van der Waals surface area (Å²) in [6.45, 7) is 0. The maximum Gasteiger partial charge on any atom is 0.263 e. The number of thioether (sulfide) groups is 1. The fourth-order valence-corrected chi connectivity index (χ4v) is 4.75. The van der Waals surface area contributed by atoms with Gasteiger partial charge in [0.1, 0.15) is 15.7 Å². The number of amides is 1. The summed E-state index contributed by atoms with van der Waals surface area (Å²) in [4.78, 5) is 16.8. The van der Waals surface area contributed by atoms with Crippen molar-refractivity contribution in [2.75, 3.05) is 14.1 Å². The van der Waals surface area contributed by atoms with Crippen LogP contribution in [-0.4, -0.2) is 42.0 Å². The molecule has 1 aliphatic rings. The van der Waals surface area contributed by atoms with Crippen molar-refractivity contribution in [3.63, 3.8) is 0 Å². The lowest BCUT2D eigenvalue weighted by molar-refractivity contribution is -0.115. The molecule has 1 fully saturated rings. The first-order valence-corrected chi connectivity index (χ1v) is 11.1. The molecule has 1 aromatic carbocycles. The molecule has 29 heavy (non-hydrogen) atoms. The molecule has 10 heteroatoms. The predicted octanol–water partition coefficient (Wildman–Crippen LogP) is 3.23. The van der Waals surface area contributed by atoms with E-state index in [1.165, 1.54) is 30.2 Å². The van der Waals surface area contributed by atoms with Crippen molar-refractivity contribution < 1.29 is 17.6 Å². The average molecular weight is 446 g/mol. The van der Waals surface area contributed by atoms with Crippen LogP contribution in [0.4, 0.5) is 0 Å². The van der Waals surface area contributed by atoms with Gasteiger partial charge in [-0.15, -0.1) is 0 Å². The van der Waals surface area contributed by atoms with Gasteiger partial charge >= 0.3 is 0 Å². The lowest BCUT2D eigenvalue weighted by atomic mass is 10.1. The Labute approximate surface area is 176 Å². The third-order valence-electron chi connectivity index (χ3n) is 4.30. The highest BCUT2D eigenvalue weighted by Crippen LogP contribution is 2.33. The molecule has 0 bridgehead atoms. The minimum absolute atomic E-state index is 0.205. The maximum absolute atomic E-state index is 12.3. The molecule has 0 unspecified atom stereocenters. The molecule has 1 saturated heterocycles.